The zero-order chi connectivity index (χ0) is 12.8. The highest BCUT2D eigenvalue weighted by Crippen LogP contribution is 2.12. The van der Waals surface area contributed by atoms with E-state index in [9.17, 15) is 4.79 Å². The van der Waals surface area contributed by atoms with Crippen LogP contribution < -0.4 is 22.5 Å². The average Bonchev–Trinajstić information content (AvgIpc) is 2.28. The molecule has 1 amide bonds. The number of carbonyl (C=O) groups is 1. The molecule has 0 aliphatic rings. The smallest absolute Gasteiger partial charge is 0.251 e. The Morgan fingerprint density at radius 3 is 2.17 bits per heavy atom. The summed E-state index contributed by atoms with van der Waals surface area (Å²) in [7, 11) is 1.56. The molecule has 0 aliphatic heterocycles. The van der Waals surface area contributed by atoms with Crippen LogP contribution in [-0.4, -0.2) is 24.9 Å². The third-order valence-electron chi connectivity index (χ3n) is 1.84. The van der Waals surface area contributed by atoms with Crippen LogP contribution in [0.4, 0.5) is 5.69 Å². The van der Waals surface area contributed by atoms with Gasteiger partial charge in [0.1, 0.15) is 0 Å². The molecule has 98 valence electrons. The number of nitrogens with two attached hydrogens (primary N) is 3. The number of hydrogen-bond acceptors (Lipinski definition) is 2. The normalized spacial score (nSPS) is 10.2. The van der Waals surface area contributed by atoms with E-state index < -0.39 is 0 Å². The fraction of sp³-hybridized carbons (Fsp3) is 0.100. The molecule has 8 heteroatoms. The molecule has 0 spiro atoms. The third-order valence-corrected chi connectivity index (χ3v) is 1.84. The molecule has 0 aromatic heterocycles. The second kappa shape index (κ2) is 7.13. The summed E-state index contributed by atoms with van der Waals surface area (Å²) < 4.78 is 0. The van der Waals surface area contributed by atoms with E-state index in [1.807, 2.05) is 0 Å². The van der Waals surface area contributed by atoms with Crippen molar-refractivity contribution in [3.8, 4) is 0 Å². The third kappa shape index (κ3) is 4.71. The van der Waals surface area contributed by atoms with Crippen LogP contribution in [-0.2, 0) is 0 Å². The first kappa shape index (κ1) is 15.7. The Hall–Kier alpha value is -2.28. The minimum atomic E-state index is -0.169. The summed E-state index contributed by atoms with van der Waals surface area (Å²) in [6.07, 6.45) is 0. The van der Waals surface area contributed by atoms with Gasteiger partial charge in [0.25, 0.3) is 5.91 Å². The van der Waals surface area contributed by atoms with Crippen LogP contribution in [0.2, 0.25) is 0 Å². The first-order valence-corrected chi connectivity index (χ1v) is 4.79. The van der Waals surface area contributed by atoms with Crippen LogP contribution in [0.25, 0.3) is 0 Å². The lowest BCUT2D eigenvalue weighted by molar-refractivity contribution is 0.0963. The number of carbonyl (C=O) groups excluding carboxylic acids is 1. The van der Waals surface area contributed by atoms with Crippen molar-refractivity contribution in [3.05, 3.63) is 29.8 Å². The SMILES string of the molecule is CNC(=O)c1ccc(N=C(N)N=C(N)N)cc1.Cl. The minimum absolute atomic E-state index is 0. The van der Waals surface area contributed by atoms with Gasteiger partial charge in [-0.2, -0.15) is 4.99 Å². The molecule has 0 saturated carbocycles. The van der Waals surface area contributed by atoms with Gasteiger partial charge in [0.15, 0.2) is 5.96 Å². The van der Waals surface area contributed by atoms with Gasteiger partial charge < -0.3 is 22.5 Å². The zero-order valence-corrected chi connectivity index (χ0v) is 10.6. The first-order valence-electron chi connectivity index (χ1n) is 4.79. The summed E-state index contributed by atoms with van der Waals surface area (Å²) in [5.74, 6) is -0.372. The molecule has 1 rings (SSSR count). The van der Waals surface area contributed by atoms with Crippen molar-refractivity contribution in [1.29, 1.82) is 0 Å². The number of halogens is 1. The molecular formula is C10H15ClN6O. The summed E-state index contributed by atoms with van der Waals surface area (Å²) in [6.45, 7) is 0. The maximum Gasteiger partial charge on any atom is 0.251 e. The predicted octanol–water partition coefficient (Wildman–Crippen LogP) is -0.312. The number of hydrogen-bond donors (Lipinski definition) is 4. The highest BCUT2D eigenvalue weighted by atomic mass is 35.5. The maximum absolute atomic E-state index is 11.3. The van der Waals surface area contributed by atoms with Gasteiger partial charge in [0, 0.05) is 12.6 Å². The second-order valence-electron chi connectivity index (χ2n) is 3.13. The molecular weight excluding hydrogens is 256 g/mol. The Morgan fingerprint density at radius 2 is 1.72 bits per heavy atom. The Morgan fingerprint density at radius 1 is 1.17 bits per heavy atom. The highest BCUT2D eigenvalue weighted by molar-refractivity contribution is 5.95. The Kier molecular flexibility index (Phi) is 6.22. The summed E-state index contributed by atoms with van der Waals surface area (Å²) >= 11 is 0. The number of rotatable bonds is 2. The van der Waals surface area contributed by atoms with Crippen LogP contribution in [0.5, 0.6) is 0 Å². The van der Waals surface area contributed by atoms with Crippen LogP contribution in [0.1, 0.15) is 10.4 Å². The van der Waals surface area contributed by atoms with Gasteiger partial charge in [0.2, 0.25) is 5.96 Å². The number of benzene rings is 1. The predicted molar refractivity (Wildman–Crippen MR) is 74.2 cm³/mol. The highest BCUT2D eigenvalue weighted by Gasteiger charge is 2.01. The van der Waals surface area contributed by atoms with Crippen molar-refractivity contribution >= 4 is 35.9 Å². The van der Waals surface area contributed by atoms with Crippen LogP contribution in [0.15, 0.2) is 34.3 Å². The lowest BCUT2D eigenvalue weighted by atomic mass is 10.2. The van der Waals surface area contributed by atoms with Crippen LogP contribution >= 0.6 is 12.4 Å². The summed E-state index contributed by atoms with van der Waals surface area (Å²) in [5, 5.41) is 2.51. The maximum atomic E-state index is 11.3. The van der Waals surface area contributed by atoms with Gasteiger partial charge in [-0.15, -0.1) is 12.4 Å². The van der Waals surface area contributed by atoms with E-state index in [2.05, 4.69) is 15.3 Å². The Labute approximate surface area is 111 Å². The van der Waals surface area contributed by atoms with E-state index in [1.54, 1.807) is 31.3 Å². The summed E-state index contributed by atoms with van der Waals surface area (Å²) in [6, 6.07) is 6.53. The summed E-state index contributed by atoms with van der Waals surface area (Å²) in [5.41, 5.74) is 16.8. The van der Waals surface area contributed by atoms with Crippen molar-refractivity contribution < 1.29 is 4.79 Å². The lowest BCUT2D eigenvalue weighted by Crippen LogP contribution is -2.26. The molecule has 7 nitrogen and oxygen atoms in total. The van der Waals surface area contributed by atoms with E-state index in [0.717, 1.165) is 0 Å². The monoisotopic (exact) mass is 270 g/mol. The first-order chi connectivity index (χ1) is 8.02. The summed E-state index contributed by atoms with van der Waals surface area (Å²) in [4.78, 5) is 18.8. The lowest BCUT2D eigenvalue weighted by Gasteiger charge is -2.00. The van der Waals surface area contributed by atoms with Crippen molar-refractivity contribution in [2.75, 3.05) is 7.05 Å². The molecule has 1 aromatic rings. The molecule has 0 saturated heterocycles. The largest absolute Gasteiger partial charge is 0.370 e. The molecule has 0 unspecified atom stereocenters. The Balaban J connectivity index is 0.00000289. The molecule has 0 fully saturated rings. The fourth-order valence-corrected chi connectivity index (χ4v) is 1.12. The van der Waals surface area contributed by atoms with Gasteiger partial charge in [0.05, 0.1) is 5.69 Å². The number of nitrogens with one attached hydrogen (secondary N) is 1. The zero-order valence-electron chi connectivity index (χ0n) is 9.75. The van der Waals surface area contributed by atoms with Crippen molar-refractivity contribution in [1.82, 2.24) is 5.32 Å². The minimum Gasteiger partial charge on any atom is -0.370 e. The van der Waals surface area contributed by atoms with E-state index in [-0.39, 0.29) is 30.2 Å². The van der Waals surface area contributed by atoms with Gasteiger partial charge in [-0.05, 0) is 24.3 Å². The number of guanidine groups is 2. The van der Waals surface area contributed by atoms with E-state index in [0.29, 0.717) is 11.3 Å². The fourth-order valence-electron chi connectivity index (χ4n) is 1.12. The van der Waals surface area contributed by atoms with E-state index in [1.165, 1.54) is 0 Å². The topological polar surface area (TPSA) is 132 Å². The van der Waals surface area contributed by atoms with Gasteiger partial charge >= 0.3 is 0 Å². The van der Waals surface area contributed by atoms with Crippen molar-refractivity contribution in [3.63, 3.8) is 0 Å². The molecule has 18 heavy (non-hydrogen) atoms. The number of nitrogens with zero attached hydrogens (tertiary/aromatic N) is 2. The Bertz CT molecular complexity index is 464. The van der Waals surface area contributed by atoms with Gasteiger partial charge in [-0.3, -0.25) is 4.79 Å². The number of aliphatic imine (C=N–C) groups is 2. The molecule has 0 radical (unpaired) electrons. The second-order valence-corrected chi connectivity index (χ2v) is 3.13. The quantitative estimate of drug-likeness (QED) is 0.433. The molecule has 1 aromatic carbocycles. The molecule has 0 heterocycles. The van der Waals surface area contributed by atoms with Crippen molar-refractivity contribution in [2.45, 2.75) is 0 Å². The standard InChI is InChI=1S/C10H14N6O.ClH/c1-14-8(17)6-2-4-7(5-3-6)15-10(13)16-9(11)12;/h2-5H,1H3,(H,14,17)(H6,11,12,13,15,16);1H. The molecule has 0 aliphatic carbocycles. The molecule has 0 atom stereocenters. The van der Waals surface area contributed by atoms with Gasteiger partial charge in [-0.25, -0.2) is 4.99 Å². The van der Waals surface area contributed by atoms with Crippen molar-refractivity contribution in [2.24, 2.45) is 27.2 Å². The number of amides is 1. The van der Waals surface area contributed by atoms with Gasteiger partial charge in [-0.1, -0.05) is 0 Å². The van der Waals surface area contributed by atoms with E-state index in [4.69, 9.17) is 17.2 Å². The van der Waals surface area contributed by atoms with Crippen LogP contribution in [0.3, 0.4) is 0 Å². The molecule has 7 N–H and O–H groups in total. The average molecular weight is 271 g/mol. The van der Waals surface area contributed by atoms with Crippen LogP contribution in [0, 0.1) is 0 Å². The molecule has 0 bridgehead atoms. The van der Waals surface area contributed by atoms with E-state index >= 15 is 0 Å².